The Bertz CT molecular complexity index is 508. The second kappa shape index (κ2) is 2.86. The van der Waals surface area contributed by atoms with Gasteiger partial charge < -0.3 is 10.1 Å². The molecule has 0 bridgehead atoms. The fourth-order valence-corrected chi connectivity index (χ4v) is 2.60. The van der Waals surface area contributed by atoms with E-state index in [1.807, 2.05) is 6.07 Å². The first-order chi connectivity index (χ1) is 7.27. The van der Waals surface area contributed by atoms with Gasteiger partial charge in [-0.25, -0.2) is 0 Å². The van der Waals surface area contributed by atoms with Crippen LogP contribution in [0.5, 0.6) is 0 Å². The third-order valence-corrected chi connectivity index (χ3v) is 3.58. The summed E-state index contributed by atoms with van der Waals surface area (Å²) in [6, 6.07) is 8.34. The number of H-pyrrole nitrogens is 1. The van der Waals surface area contributed by atoms with E-state index in [0.29, 0.717) is 0 Å². The van der Waals surface area contributed by atoms with Crippen LogP contribution in [-0.4, -0.2) is 16.7 Å². The van der Waals surface area contributed by atoms with E-state index in [0.717, 1.165) is 12.8 Å². The normalized spacial score (nSPS) is 18.3. The Balaban J connectivity index is 2.29. The number of hydrogen-bond donors (Lipinski definition) is 2. The Morgan fingerprint density at radius 1 is 1.33 bits per heavy atom. The minimum Gasteiger partial charge on any atom is -0.395 e. The third kappa shape index (κ3) is 1.15. The van der Waals surface area contributed by atoms with Crippen molar-refractivity contribution in [1.29, 1.82) is 0 Å². The number of hydrogen-bond acceptors (Lipinski definition) is 1. The average Bonchev–Trinajstić information content (AvgIpc) is 2.95. The van der Waals surface area contributed by atoms with Crippen molar-refractivity contribution in [3.8, 4) is 0 Å². The van der Waals surface area contributed by atoms with E-state index in [9.17, 15) is 5.11 Å². The molecule has 2 aromatic rings. The summed E-state index contributed by atoms with van der Waals surface area (Å²) < 4.78 is 0. The predicted molar refractivity (Wildman–Crippen MR) is 61.0 cm³/mol. The lowest BCUT2D eigenvalue weighted by Crippen LogP contribution is -2.12. The number of aromatic nitrogens is 1. The number of aryl methyl sites for hydroxylation is 1. The molecule has 15 heavy (non-hydrogen) atoms. The zero-order valence-corrected chi connectivity index (χ0v) is 8.88. The van der Waals surface area contributed by atoms with Crippen LogP contribution in [0.1, 0.15) is 24.1 Å². The van der Waals surface area contributed by atoms with Crippen molar-refractivity contribution < 1.29 is 5.11 Å². The van der Waals surface area contributed by atoms with E-state index < -0.39 is 0 Å². The summed E-state index contributed by atoms with van der Waals surface area (Å²) in [7, 11) is 0. The number of aromatic amines is 1. The molecule has 3 rings (SSSR count). The molecule has 2 N–H and O–H groups in total. The first-order valence-corrected chi connectivity index (χ1v) is 5.45. The Morgan fingerprint density at radius 2 is 2.07 bits per heavy atom. The number of fused-ring (bicyclic) bond motifs is 1. The van der Waals surface area contributed by atoms with Crippen molar-refractivity contribution in [1.82, 2.24) is 4.98 Å². The lowest BCUT2D eigenvalue weighted by molar-refractivity contribution is 0.255. The molecule has 0 aliphatic heterocycles. The molecule has 2 nitrogen and oxygen atoms in total. The standard InChI is InChI=1S/C13H15NO/c1-9-12(13(8-15)6-7-13)10-4-2-3-5-11(10)14-9/h2-5,14-15H,6-8H2,1H3. The summed E-state index contributed by atoms with van der Waals surface area (Å²) in [6.45, 7) is 2.38. The summed E-state index contributed by atoms with van der Waals surface area (Å²) in [4.78, 5) is 3.40. The molecule has 1 aromatic heterocycles. The Labute approximate surface area is 88.9 Å². The molecule has 0 saturated heterocycles. The minimum atomic E-state index is 0.0592. The molecule has 1 aliphatic carbocycles. The van der Waals surface area contributed by atoms with Crippen LogP contribution in [0.15, 0.2) is 24.3 Å². The molecule has 0 spiro atoms. The highest BCUT2D eigenvalue weighted by atomic mass is 16.3. The van der Waals surface area contributed by atoms with Crippen molar-refractivity contribution >= 4 is 10.9 Å². The molecular weight excluding hydrogens is 186 g/mol. The van der Waals surface area contributed by atoms with Crippen LogP contribution >= 0.6 is 0 Å². The van der Waals surface area contributed by atoms with Gasteiger partial charge in [0, 0.05) is 22.0 Å². The van der Waals surface area contributed by atoms with E-state index in [-0.39, 0.29) is 12.0 Å². The molecule has 2 heteroatoms. The van der Waals surface area contributed by atoms with Crippen molar-refractivity contribution in [2.45, 2.75) is 25.2 Å². The molecule has 1 saturated carbocycles. The monoisotopic (exact) mass is 201 g/mol. The predicted octanol–water partition coefficient (Wildman–Crippen LogP) is 2.50. The van der Waals surface area contributed by atoms with E-state index >= 15 is 0 Å². The Morgan fingerprint density at radius 3 is 2.73 bits per heavy atom. The third-order valence-electron chi connectivity index (χ3n) is 3.58. The summed E-state index contributed by atoms with van der Waals surface area (Å²) in [5.74, 6) is 0. The number of rotatable bonds is 2. The van der Waals surface area contributed by atoms with Gasteiger partial charge in [0.1, 0.15) is 0 Å². The van der Waals surface area contributed by atoms with Crippen molar-refractivity contribution in [2.24, 2.45) is 0 Å². The first kappa shape index (κ1) is 8.98. The lowest BCUT2D eigenvalue weighted by atomic mass is 9.94. The van der Waals surface area contributed by atoms with Gasteiger partial charge in [-0.3, -0.25) is 0 Å². The van der Waals surface area contributed by atoms with Crippen LogP contribution < -0.4 is 0 Å². The lowest BCUT2D eigenvalue weighted by Gasteiger charge is -2.12. The average molecular weight is 201 g/mol. The van der Waals surface area contributed by atoms with Crippen molar-refractivity contribution in [3.05, 3.63) is 35.5 Å². The Kier molecular flexibility index (Phi) is 1.71. The van der Waals surface area contributed by atoms with Gasteiger partial charge in [0.15, 0.2) is 0 Å². The van der Waals surface area contributed by atoms with E-state index in [2.05, 4.69) is 30.1 Å². The number of benzene rings is 1. The highest BCUT2D eigenvalue weighted by Gasteiger charge is 2.46. The van der Waals surface area contributed by atoms with E-state index in [4.69, 9.17) is 0 Å². The fourth-order valence-electron chi connectivity index (χ4n) is 2.60. The second-order valence-corrected chi connectivity index (χ2v) is 4.61. The molecule has 1 aromatic carbocycles. The molecule has 78 valence electrons. The molecular formula is C13H15NO. The SMILES string of the molecule is Cc1[nH]c2ccccc2c1C1(CO)CC1. The topological polar surface area (TPSA) is 36.0 Å². The summed E-state index contributed by atoms with van der Waals surface area (Å²) in [5.41, 5.74) is 3.79. The van der Waals surface area contributed by atoms with Crippen molar-refractivity contribution in [3.63, 3.8) is 0 Å². The maximum atomic E-state index is 9.50. The van der Waals surface area contributed by atoms with Crippen LogP contribution in [0.25, 0.3) is 10.9 Å². The maximum Gasteiger partial charge on any atom is 0.0528 e. The summed E-state index contributed by atoms with van der Waals surface area (Å²) >= 11 is 0. The highest BCUT2D eigenvalue weighted by Crippen LogP contribution is 2.51. The second-order valence-electron chi connectivity index (χ2n) is 4.61. The van der Waals surface area contributed by atoms with Crippen LogP contribution in [-0.2, 0) is 5.41 Å². The highest BCUT2D eigenvalue weighted by molar-refractivity contribution is 5.86. The molecule has 1 aliphatic rings. The molecule has 0 amide bonds. The number of aliphatic hydroxyl groups is 1. The van der Waals surface area contributed by atoms with Crippen LogP contribution in [0, 0.1) is 6.92 Å². The minimum absolute atomic E-state index is 0.0592. The Hall–Kier alpha value is -1.28. The maximum absolute atomic E-state index is 9.50. The van der Waals surface area contributed by atoms with Gasteiger partial charge in [0.05, 0.1) is 6.61 Å². The van der Waals surface area contributed by atoms with Crippen LogP contribution in [0.2, 0.25) is 0 Å². The summed E-state index contributed by atoms with van der Waals surface area (Å²) in [5, 5.41) is 10.8. The van der Waals surface area contributed by atoms with E-state index in [1.54, 1.807) is 0 Å². The van der Waals surface area contributed by atoms with Gasteiger partial charge in [-0.05, 0) is 31.4 Å². The largest absolute Gasteiger partial charge is 0.395 e. The van der Waals surface area contributed by atoms with Gasteiger partial charge in [-0.1, -0.05) is 18.2 Å². The molecule has 1 fully saturated rings. The molecule has 0 unspecified atom stereocenters. The molecule has 1 heterocycles. The zero-order valence-electron chi connectivity index (χ0n) is 8.88. The quantitative estimate of drug-likeness (QED) is 0.769. The zero-order chi connectivity index (χ0) is 10.5. The van der Waals surface area contributed by atoms with Gasteiger partial charge in [-0.15, -0.1) is 0 Å². The van der Waals surface area contributed by atoms with Gasteiger partial charge in [0.2, 0.25) is 0 Å². The fraction of sp³-hybridized carbons (Fsp3) is 0.385. The van der Waals surface area contributed by atoms with Gasteiger partial charge >= 0.3 is 0 Å². The van der Waals surface area contributed by atoms with E-state index in [1.165, 1.54) is 22.2 Å². The van der Waals surface area contributed by atoms with Crippen molar-refractivity contribution in [2.75, 3.05) is 6.61 Å². The van der Waals surface area contributed by atoms with Gasteiger partial charge in [-0.2, -0.15) is 0 Å². The smallest absolute Gasteiger partial charge is 0.0528 e. The van der Waals surface area contributed by atoms with Gasteiger partial charge in [0.25, 0.3) is 0 Å². The number of nitrogens with one attached hydrogen (secondary N) is 1. The molecule has 0 atom stereocenters. The summed E-state index contributed by atoms with van der Waals surface area (Å²) in [6.07, 6.45) is 2.23. The van der Waals surface area contributed by atoms with Crippen LogP contribution in [0.3, 0.4) is 0 Å². The molecule has 0 radical (unpaired) electrons. The number of para-hydroxylation sites is 1. The van der Waals surface area contributed by atoms with Crippen LogP contribution in [0.4, 0.5) is 0 Å². The first-order valence-electron chi connectivity index (χ1n) is 5.45. The number of aliphatic hydroxyl groups excluding tert-OH is 1.